The molecule has 0 N–H and O–H groups in total. The van der Waals surface area contributed by atoms with Crippen LogP contribution in [-0.4, -0.2) is 16.7 Å². The van der Waals surface area contributed by atoms with Crippen LogP contribution in [0.15, 0.2) is 36.4 Å². The highest BCUT2D eigenvalue weighted by Crippen LogP contribution is 2.64. The minimum atomic E-state index is -0.174. The van der Waals surface area contributed by atoms with Crippen LogP contribution in [0.5, 0.6) is 0 Å². The molecule has 152 valence electrons. The number of hydrogen-bond donors (Lipinski definition) is 0. The van der Waals surface area contributed by atoms with Gasteiger partial charge in [0.15, 0.2) is 0 Å². The van der Waals surface area contributed by atoms with E-state index in [1.807, 2.05) is 0 Å². The Hall–Kier alpha value is -1.90. The normalized spacial score (nSPS) is 23.5. The first-order valence-electron chi connectivity index (χ1n) is 10.8. The highest BCUT2D eigenvalue weighted by Gasteiger charge is 2.57. The van der Waals surface area contributed by atoms with Gasteiger partial charge in [0.25, 0.3) is 11.8 Å². The minimum Gasteiger partial charge on any atom is -0.269 e. The average molecular weight is 382 g/mol. The third-order valence-corrected chi connectivity index (χ3v) is 6.29. The lowest BCUT2D eigenvalue weighted by Gasteiger charge is -2.46. The van der Waals surface area contributed by atoms with Crippen LogP contribution in [0.4, 0.5) is 0 Å². The summed E-state index contributed by atoms with van der Waals surface area (Å²) in [6, 6.07) is 8.37. The van der Waals surface area contributed by atoms with E-state index in [1.165, 1.54) is 23.3 Å². The Kier molecular flexibility index (Phi) is 5.84. The van der Waals surface area contributed by atoms with E-state index in [-0.39, 0.29) is 23.3 Å². The summed E-state index contributed by atoms with van der Waals surface area (Å²) in [6.07, 6.45) is 5.99. The van der Waals surface area contributed by atoms with E-state index in [0.29, 0.717) is 23.7 Å². The average Bonchev–Trinajstić information content (AvgIpc) is 3.02. The van der Waals surface area contributed by atoms with Gasteiger partial charge in [-0.2, -0.15) is 0 Å². The van der Waals surface area contributed by atoms with Gasteiger partial charge in [0.1, 0.15) is 0 Å². The zero-order valence-corrected chi connectivity index (χ0v) is 18.2. The zero-order chi connectivity index (χ0) is 20.6. The maximum absolute atomic E-state index is 12.8. The predicted octanol–water partition coefficient (Wildman–Crippen LogP) is 5.87. The van der Waals surface area contributed by atoms with Gasteiger partial charge in [-0.15, -0.1) is 0 Å². The second-order valence-electron chi connectivity index (χ2n) is 10.0. The molecule has 1 aromatic carbocycles. The smallest absolute Gasteiger partial charge is 0.254 e. The second-order valence-corrected chi connectivity index (χ2v) is 10.0. The van der Waals surface area contributed by atoms with Gasteiger partial charge in [0, 0.05) is 17.6 Å². The summed E-state index contributed by atoms with van der Waals surface area (Å²) in [5.74, 6) is 1.58. The van der Waals surface area contributed by atoms with Crippen molar-refractivity contribution >= 4 is 11.8 Å². The van der Waals surface area contributed by atoms with Gasteiger partial charge in [-0.1, -0.05) is 65.8 Å². The molecule has 1 aromatic rings. The molecule has 2 amide bonds. The van der Waals surface area contributed by atoms with Crippen LogP contribution in [0.25, 0.3) is 0 Å². The van der Waals surface area contributed by atoms with Crippen molar-refractivity contribution in [3.63, 3.8) is 0 Å². The molecule has 0 fully saturated rings. The van der Waals surface area contributed by atoms with E-state index in [9.17, 15) is 9.59 Å². The number of hydrogen-bond acceptors (Lipinski definition) is 2. The number of rotatable bonds is 7. The molecule has 0 unspecified atom stereocenters. The molecule has 0 saturated carbocycles. The summed E-state index contributed by atoms with van der Waals surface area (Å²) in [5.41, 5.74) is 2.41. The Balaban J connectivity index is 2.24. The fourth-order valence-electron chi connectivity index (χ4n) is 5.89. The van der Waals surface area contributed by atoms with E-state index in [1.54, 1.807) is 4.90 Å². The second kappa shape index (κ2) is 7.85. The van der Waals surface area contributed by atoms with Crippen molar-refractivity contribution in [1.82, 2.24) is 4.90 Å². The fourth-order valence-corrected chi connectivity index (χ4v) is 5.89. The monoisotopic (exact) mass is 381 g/mol. The first-order chi connectivity index (χ1) is 13.2. The molecule has 1 aliphatic carbocycles. The SMILES string of the molecule is CC(C)C[C@H]1c2ccccc2[C@@H](N2C(=O)C=CC2=O)C1(CC(C)C)CC(C)C. The van der Waals surface area contributed by atoms with E-state index < -0.39 is 0 Å². The number of imide groups is 1. The van der Waals surface area contributed by atoms with E-state index in [4.69, 9.17) is 0 Å². The Morgan fingerprint density at radius 2 is 1.32 bits per heavy atom. The molecule has 0 saturated heterocycles. The Bertz CT molecular complexity index is 747. The van der Waals surface area contributed by atoms with Crippen LogP contribution in [0.1, 0.15) is 83.9 Å². The summed E-state index contributed by atoms with van der Waals surface area (Å²) >= 11 is 0. The molecule has 28 heavy (non-hydrogen) atoms. The zero-order valence-electron chi connectivity index (χ0n) is 18.2. The number of carbonyl (C=O) groups excluding carboxylic acids is 2. The largest absolute Gasteiger partial charge is 0.269 e. The van der Waals surface area contributed by atoms with Gasteiger partial charge >= 0.3 is 0 Å². The van der Waals surface area contributed by atoms with Gasteiger partial charge in [0.2, 0.25) is 0 Å². The first kappa shape index (κ1) is 20.8. The lowest BCUT2D eigenvalue weighted by Crippen LogP contribution is -2.45. The Morgan fingerprint density at radius 1 is 0.821 bits per heavy atom. The van der Waals surface area contributed by atoms with E-state index in [0.717, 1.165) is 19.3 Å². The number of nitrogens with zero attached hydrogens (tertiary/aromatic N) is 1. The molecule has 3 rings (SSSR count). The maximum Gasteiger partial charge on any atom is 0.254 e. The fraction of sp³-hybridized carbons (Fsp3) is 0.600. The van der Waals surface area contributed by atoms with Crippen molar-refractivity contribution in [1.29, 1.82) is 0 Å². The van der Waals surface area contributed by atoms with Crippen LogP contribution < -0.4 is 0 Å². The molecule has 2 aliphatic rings. The van der Waals surface area contributed by atoms with Crippen LogP contribution in [0.2, 0.25) is 0 Å². The lowest BCUT2D eigenvalue weighted by atomic mass is 9.62. The van der Waals surface area contributed by atoms with Gasteiger partial charge < -0.3 is 0 Å². The molecular formula is C25H35NO2. The van der Waals surface area contributed by atoms with Gasteiger partial charge in [-0.25, -0.2) is 0 Å². The number of carbonyl (C=O) groups is 2. The topological polar surface area (TPSA) is 37.4 Å². The number of benzene rings is 1. The first-order valence-corrected chi connectivity index (χ1v) is 10.8. The molecule has 0 spiro atoms. The molecule has 3 heteroatoms. The molecule has 0 aromatic heterocycles. The van der Waals surface area contributed by atoms with Crippen molar-refractivity contribution < 1.29 is 9.59 Å². The highest BCUT2D eigenvalue weighted by atomic mass is 16.2. The van der Waals surface area contributed by atoms with E-state index >= 15 is 0 Å². The maximum atomic E-state index is 12.8. The Morgan fingerprint density at radius 3 is 1.79 bits per heavy atom. The summed E-state index contributed by atoms with van der Waals surface area (Å²) in [5, 5.41) is 0. The minimum absolute atomic E-state index is 0.117. The molecule has 0 bridgehead atoms. The van der Waals surface area contributed by atoms with Gasteiger partial charge in [-0.05, 0) is 54.1 Å². The predicted molar refractivity (Wildman–Crippen MR) is 114 cm³/mol. The lowest BCUT2D eigenvalue weighted by molar-refractivity contribution is -0.144. The molecular weight excluding hydrogens is 346 g/mol. The standard InChI is InChI=1S/C25H35NO2/c1-16(2)13-21-19-9-7-8-10-20(19)24(26-22(27)11-12-23(26)28)25(21,14-17(3)4)15-18(5)6/h7-12,16-18,21,24H,13-15H2,1-6H3/t21-,24+/m0/s1. The van der Waals surface area contributed by atoms with E-state index in [2.05, 4.69) is 65.8 Å². The summed E-state index contributed by atoms with van der Waals surface area (Å²) in [4.78, 5) is 27.1. The Labute approximate surface area is 170 Å². The molecule has 3 nitrogen and oxygen atoms in total. The number of fused-ring (bicyclic) bond motifs is 1. The number of amides is 2. The summed E-state index contributed by atoms with van der Waals surface area (Å²) in [7, 11) is 0. The molecule has 1 heterocycles. The van der Waals surface area contributed by atoms with Crippen molar-refractivity contribution in [2.24, 2.45) is 23.2 Å². The van der Waals surface area contributed by atoms with Gasteiger partial charge in [0.05, 0.1) is 6.04 Å². The third kappa shape index (κ3) is 3.56. The van der Waals surface area contributed by atoms with Crippen molar-refractivity contribution in [2.45, 2.75) is 72.8 Å². The van der Waals surface area contributed by atoms with Crippen molar-refractivity contribution in [3.05, 3.63) is 47.5 Å². The van der Waals surface area contributed by atoms with Crippen molar-refractivity contribution in [3.8, 4) is 0 Å². The van der Waals surface area contributed by atoms with Crippen molar-refractivity contribution in [2.75, 3.05) is 0 Å². The molecule has 2 atom stereocenters. The third-order valence-electron chi connectivity index (χ3n) is 6.29. The van der Waals surface area contributed by atoms with Gasteiger partial charge in [-0.3, -0.25) is 14.5 Å². The molecule has 0 radical (unpaired) electrons. The van der Waals surface area contributed by atoms with Crippen LogP contribution in [-0.2, 0) is 9.59 Å². The van der Waals surface area contributed by atoms with Crippen LogP contribution in [0.3, 0.4) is 0 Å². The summed E-state index contributed by atoms with van der Waals surface area (Å²) < 4.78 is 0. The quantitative estimate of drug-likeness (QED) is 0.554. The highest BCUT2D eigenvalue weighted by molar-refractivity contribution is 6.13. The molecule has 1 aliphatic heterocycles. The summed E-state index contributed by atoms with van der Waals surface area (Å²) in [6.45, 7) is 13.6. The van der Waals surface area contributed by atoms with Crippen LogP contribution >= 0.6 is 0 Å². The van der Waals surface area contributed by atoms with Crippen LogP contribution in [0, 0.1) is 23.2 Å².